The molecule has 0 aliphatic rings. The van der Waals surface area contributed by atoms with E-state index in [2.05, 4.69) is 17.1 Å². The van der Waals surface area contributed by atoms with Gasteiger partial charge in [0.2, 0.25) is 0 Å². The summed E-state index contributed by atoms with van der Waals surface area (Å²) in [5.74, 6) is 0. The molecule has 1 N–H and O–H groups in total. The van der Waals surface area contributed by atoms with Crippen LogP contribution in [0.15, 0.2) is 49.1 Å². The topological polar surface area (TPSA) is 38.0 Å². The summed E-state index contributed by atoms with van der Waals surface area (Å²) in [6, 6.07) is 8.24. The number of hydrogen-bond acceptors (Lipinski definition) is 2. The number of aliphatic hydroxyl groups is 1. The standard InChI is InChI=1S/C13H14N2O/c16-9-1-2-12-3-5-13(6-4-12)10-15-8-7-14-11-15/h1-8,11,16H,9-10H2/b2-1+. The number of rotatable bonds is 4. The molecule has 0 amide bonds. The fourth-order valence-corrected chi connectivity index (χ4v) is 1.51. The lowest BCUT2D eigenvalue weighted by molar-refractivity contribution is 0.343. The maximum atomic E-state index is 8.66. The Hall–Kier alpha value is -1.87. The van der Waals surface area contributed by atoms with Crippen LogP contribution in [-0.4, -0.2) is 21.3 Å². The van der Waals surface area contributed by atoms with Gasteiger partial charge in [-0.1, -0.05) is 36.4 Å². The molecular formula is C13H14N2O. The molecule has 82 valence electrons. The third-order valence-electron chi connectivity index (χ3n) is 2.32. The van der Waals surface area contributed by atoms with E-state index in [0.29, 0.717) is 0 Å². The first-order valence-electron chi connectivity index (χ1n) is 5.20. The second kappa shape index (κ2) is 5.28. The van der Waals surface area contributed by atoms with Crippen molar-refractivity contribution in [2.45, 2.75) is 6.54 Å². The van der Waals surface area contributed by atoms with Gasteiger partial charge >= 0.3 is 0 Å². The number of hydrogen-bond donors (Lipinski definition) is 1. The second-order valence-electron chi connectivity index (χ2n) is 3.56. The van der Waals surface area contributed by atoms with Crippen molar-refractivity contribution in [1.29, 1.82) is 0 Å². The Morgan fingerprint density at radius 3 is 2.69 bits per heavy atom. The molecule has 1 heterocycles. The Bertz CT molecular complexity index is 443. The van der Waals surface area contributed by atoms with Crippen LogP contribution in [0.25, 0.3) is 6.08 Å². The summed E-state index contributed by atoms with van der Waals surface area (Å²) in [5.41, 5.74) is 2.34. The average Bonchev–Trinajstić information content (AvgIpc) is 2.81. The molecule has 0 aliphatic carbocycles. The van der Waals surface area contributed by atoms with Crippen LogP contribution in [0.3, 0.4) is 0 Å². The fourth-order valence-electron chi connectivity index (χ4n) is 1.51. The van der Waals surface area contributed by atoms with Gasteiger partial charge in [0.05, 0.1) is 12.9 Å². The van der Waals surface area contributed by atoms with Gasteiger partial charge in [-0.05, 0) is 11.1 Å². The maximum Gasteiger partial charge on any atom is 0.0949 e. The Labute approximate surface area is 94.7 Å². The first kappa shape index (κ1) is 10.6. The molecule has 0 saturated heterocycles. The molecule has 0 saturated carbocycles. The molecule has 0 spiro atoms. The van der Waals surface area contributed by atoms with Gasteiger partial charge in [-0.3, -0.25) is 0 Å². The molecular weight excluding hydrogens is 200 g/mol. The lowest BCUT2D eigenvalue weighted by Gasteiger charge is -2.02. The highest BCUT2D eigenvalue weighted by Gasteiger charge is 1.94. The molecule has 1 aromatic heterocycles. The van der Waals surface area contributed by atoms with Crippen molar-refractivity contribution in [2.24, 2.45) is 0 Å². The van der Waals surface area contributed by atoms with Gasteiger partial charge in [-0.15, -0.1) is 0 Å². The van der Waals surface area contributed by atoms with E-state index < -0.39 is 0 Å². The highest BCUT2D eigenvalue weighted by molar-refractivity contribution is 5.49. The third-order valence-corrected chi connectivity index (χ3v) is 2.32. The first-order valence-corrected chi connectivity index (χ1v) is 5.20. The predicted octanol–water partition coefficient (Wildman–Crippen LogP) is 1.94. The number of benzene rings is 1. The predicted molar refractivity (Wildman–Crippen MR) is 63.9 cm³/mol. The van der Waals surface area contributed by atoms with Crippen LogP contribution in [0.5, 0.6) is 0 Å². The largest absolute Gasteiger partial charge is 0.392 e. The van der Waals surface area contributed by atoms with Gasteiger partial charge in [0.15, 0.2) is 0 Å². The summed E-state index contributed by atoms with van der Waals surface area (Å²) in [6.45, 7) is 0.917. The Balaban J connectivity index is 2.05. The van der Waals surface area contributed by atoms with E-state index in [-0.39, 0.29) is 6.61 Å². The highest BCUT2D eigenvalue weighted by atomic mass is 16.2. The van der Waals surface area contributed by atoms with E-state index in [0.717, 1.165) is 12.1 Å². The molecule has 0 radical (unpaired) electrons. The average molecular weight is 214 g/mol. The van der Waals surface area contributed by atoms with Crippen molar-refractivity contribution >= 4 is 6.08 Å². The van der Waals surface area contributed by atoms with Gasteiger partial charge in [0, 0.05) is 18.9 Å². The van der Waals surface area contributed by atoms with Crippen LogP contribution < -0.4 is 0 Å². The molecule has 0 atom stereocenters. The van der Waals surface area contributed by atoms with E-state index in [1.807, 2.05) is 29.0 Å². The van der Waals surface area contributed by atoms with Gasteiger partial charge < -0.3 is 9.67 Å². The van der Waals surface area contributed by atoms with E-state index in [1.165, 1.54) is 5.56 Å². The smallest absolute Gasteiger partial charge is 0.0949 e. The molecule has 0 bridgehead atoms. The Kier molecular flexibility index (Phi) is 3.51. The van der Waals surface area contributed by atoms with Crippen LogP contribution in [0.1, 0.15) is 11.1 Å². The minimum atomic E-state index is 0.0801. The van der Waals surface area contributed by atoms with Crippen molar-refractivity contribution < 1.29 is 5.11 Å². The molecule has 1 aromatic carbocycles. The second-order valence-corrected chi connectivity index (χ2v) is 3.56. The normalized spacial score (nSPS) is 11.1. The zero-order chi connectivity index (χ0) is 11.2. The van der Waals surface area contributed by atoms with Crippen molar-refractivity contribution in [2.75, 3.05) is 6.61 Å². The SMILES string of the molecule is OC/C=C/c1ccc(Cn2ccnc2)cc1. The zero-order valence-electron chi connectivity index (χ0n) is 8.95. The lowest BCUT2D eigenvalue weighted by atomic mass is 10.1. The maximum absolute atomic E-state index is 8.66. The molecule has 3 nitrogen and oxygen atoms in total. The molecule has 0 aliphatic heterocycles. The Morgan fingerprint density at radius 1 is 1.25 bits per heavy atom. The summed E-state index contributed by atoms with van der Waals surface area (Å²) in [6.07, 6.45) is 9.16. The van der Waals surface area contributed by atoms with Crippen LogP contribution in [0.2, 0.25) is 0 Å². The molecule has 2 rings (SSSR count). The van der Waals surface area contributed by atoms with Crippen molar-refractivity contribution in [3.05, 3.63) is 60.2 Å². The highest BCUT2D eigenvalue weighted by Crippen LogP contribution is 2.07. The number of aliphatic hydroxyl groups excluding tert-OH is 1. The number of aromatic nitrogens is 2. The zero-order valence-corrected chi connectivity index (χ0v) is 8.95. The molecule has 3 heteroatoms. The lowest BCUT2D eigenvalue weighted by Crippen LogP contribution is -1.95. The van der Waals surface area contributed by atoms with Crippen molar-refractivity contribution in [3.8, 4) is 0 Å². The summed E-state index contributed by atoms with van der Waals surface area (Å²) < 4.78 is 2.03. The minimum absolute atomic E-state index is 0.0801. The van der Waals surface area contributed by atoms with Crippen molar-refractivity contribution in [3.63, 3.8) is 0 Å². The van der Waals surface area contributed by atoms with Crippen LogP contribution >= 0.6 is 0 Å². The molecule has 2 aromatic rings. The molecule has 0 unspecified atom stereocenters. The van der Waals surface area contributed by atoms with E-state index in [1.54, 1.807) is 18.6 Å². The monoisotopic (exact) mass is 214 g/mol. The third kappa shape index (κ3) is 2.81. The fraction of sp³-hybridized carbons (Fsp3) is 0.154. The van der Waals surface area contributed by atoms with Gasteiger partial charge in [0.25, 0.3) is 0 Å². The summed E-state index contributed by atoms with van der Waals surface area (Å²) >= 11 is 0. The molecule has 16 heavy (non-hydrogen) atoms. The minimum Gasteiger partial charge on any atom is -0.392 e. The van der Waals surface area contributed by atoms with Gasteiger partial charge in [0.1, 0.15) is 0 Å². The number of nitrogens with zero attached hydrogens (tertiary/aromatic N) is 2. The quantitative estimate of drug-likeness (QED) is 0.844. The van der Waals surface area contributed by atoms with E-state index >= 15 is 0 Å². The first-order chi connectivity index (χ1) is 7.88. The van der Waals surface area contributed by atoms with Gasteiger partial charge in [-0.2, -0.15) is 0 Å². The number of imidazole rings is 1. The summed E-state index contributed by atoms with van der Waals surface area (Å²) in [5, 5.41) is 8.66. The van der Waals surface area contributed by atoms with Gasteiger partial charge in [-0.25, -0.2) is 4.98 Å². The van der Waals surface area contributed by atoms with E-state index in [4.69, 9.17) is 5.11 Å². The molecule has 0 fully saturated rings. The van der Waals surface area contributed by atoms with Crippen LogP contribution in [0, 0.1) is 0 Å². The summed E-state index contributed by atoms with van der Waals surface area (Å²) in [7, 11) is 0. The summed E-state index contributed by atoms with van der Waals surface area (Å²) in [4.78, 5) is 4.00. The van der Waals surface area contributed by atoms with Crippen molar-refractivity contribution in [1.82, 2.24) is 9.55 Å². The van der Waals surface area contributed by atoms with Crippen LogP contribution in [-0.2, 0) is 6.54 Å². The van der Waals surface area contributed by atoms with Crippen LogP contribution in [0.4, 0.5) is 0 Å². The Morgan fingerprint density at radius 2 is 2.06 bits per heavy atom. The van der Waals surface area contributed by atoms with E-state index in [9.17, 15) is 0 Å².